The van der Waals surface area contributed by atoms with Gasteiger partial charge in [-0.3, -0.25) is 4.79 Å². The minimum atomic E-state index is -1.05. The van der Waals surface area contributed by atoms with E-state index < -0.39 is 6.09 Å². The molecule has 1 saturated carbocycles. The largest absolute Gasteiger partial charge is 0.465 e. The Morgan fingerprint density at radius 1 is 1.00 bits per heavy atom. The molecule has 0 spiro atoms. The zero-order valence-corrected chi connectivity index (χ0v) is 16.6. The van der Waals surface area contributed by atoms with E-state index in [1.54, 1.807) is 12.1 Å². The van der Waals surface area contributed by atoms with Gasteiger partial charge in [-0.1, -0.05) is 64.6 Å². The summed E-state index contributed by atoms with van der Waals surface area (Å²) in [7, 11) is 0. The summed E-state index contributed by atoms with van der Waals surface area (Å²) in [6.45, 7) is 0.913. The number of halogens is 1. The molecule has 3 N–H and O–H groups in total. The fourth-order valence-electron chi connectivity index (χ4n) is 3.10. The molecule has 2 rings (SSSR count). The smallest absolute Gasteiger partial charge is 0.404 e. The van der Waals surface area contributed by atoms with Crippen LogP contribution in [0.15, 0.2) is 18.2 Å². The van der Waals surface area contributed by atoms with Crippen molar-refractivity contribution < 1.29 is 14.7 Å². The first-order chi connectivity index (χ1) is 12.1. The third kappa shape index (κ3) is 9.14. The molecule has 149 valence electrons. The Morgan fingerprint density at radius 3 is 2.26 bits per heavy atom. The van der Waals surface area contributed by atoms with E-state index in [2.05, 4.69) is 10.6 Å². The van der Waals surface area contributed by atoms with Crippen molar-refractivity contribution in [3.63, 3.8) is 0 Å². The second-order valence-corrected chi connectivity index (χ2v) is 6.90. The van der Waals surface area contributed by atoms with Gasteiger partial charge in [0.05, 0.1) is 10.6 Å². The summed E-state index contributed by atoms with van der Waals surface area (Å²) < 4.78 is 0. The zero-order chi connectivity index (χ0) is 18.1. The second kappa shape index (κ2) is 13.4. The molecular weight excluding hydrogens is 364 g/mol. The summed E-state index contributed by atoms with van der Waals surface area (Å²) >= 11 is 6.17. The molecule has 1 fully saturated rings. The van der Waals surface area contributed by atoms with Gasteiger partial charge in [-0.25, -0.2) is 4.79 Å². The van der Waals surface area contributed by atoms with Gasteiger partial charge in [0.25, 0.3) is 5.91 Å². The van der Waals surface area contributed by atoms with E-state index in [4.69, 9.17) is 16.7 Å². The molecule has 0 aromatic heterocycles. The summed E-state index contributed by atoms with van der Waals surface area (Å²) in [5.41, 5.74) is 1.32. The molecule has 1 aliphatic carbocycles. The van der Waals surface area contributed by atoms with Crippen LogP contribution in [-0.2, 0) is 6.42 Å². The lowest BCUT2D eigenvalue weighted by Gasteiger charge is -2.19. The Morgan fingerprint density at radius 2 is 1.63 bits per heavy atom. The van der Waals surface area contributed by atoms with Crippen molar-refractivity contribution in [3.05, 3.63) is 55.1 Å². The molecule has 0 atom stereocenters. The fourth-order valence-corrected chi connectivity index (χ4v) is 3.30. The molecule has 6 heteroatoms. The minimum absolute atomic E-state index is 0. The standard InChI is InChI=1S/C19H26ClN2O3.2CH2/c20-17-9-8-14(10-11-21-19(24)25)12-16(17)18(23)22-13-15-6-4-2-1-3-5-7-15;;/h8-9,12,21H,1-7,10-11,13H2,(H,22,23)(H,24,25);2*1H2. The first kappa shape index (κ1) is 25.2. The minimum Gasteiger partial charge on any atom is -0.465 e. The molecule has 27 heavy (non-hydrogen) atoms. The van der Waals surface area contributed by atoms with Gasteiger partial charge in [-0.2, -0.15) is 0 Å². The number of benzene rings is 1. The Hall–Kier alpha value is -1.75. The van der Waals surface area contributed by atoms with Crippen LogP contribution in [0.1, 0.15) is 60.9 Å². The number of carbonyl (C=O) groups excluding carboxylic acids is 1. The maximum absolute atomic E-state index is 12.5. The Bertz CT molecular complexity index is 585. The molecule has 1 aromatic rings. The Balaban J connectivity index is 0.00000338. The van der Waals surface area contributed by atoms with Crippen LogP contribution in [0.2, 0.25) is 5.02 Å². The van der Waals surface area contributed by atoms with Crippen molar-refractivity contribution in [2.75, 3.05) is 13.1 Å². The maximum Gasteiger partial charge on any atom is 0.404 e. The summed E-state index contributed by atoms with van der Waals surface area (Å²) in [6.07, 6.45) is 7.92. The number of hydrogen-bond acceptors (Lipinski definition) is 2. The van der Waals surface area contributed by atoms with E-state index in [0.29, 0.717) is 30.1 Å². The van der Waals surface area contributed by atoms with Crippen molar-refractivity contribution in [3.8, 4) is 0 Å². The third-order valence-corrected chi connectivity index (χ3v) is 4.85. The molecule has 0 heterocycles. The highest BCUT2D eigenvalue weighted by Crippen LogP contribution is 2.24. The van der Waals surface area contributed by atoms with Gasteiger partial charge < -0.3 is 15.7 Å². The van der Waals surface area contributed by atoms with Crippen LogP contribution in [0.4, 0.5) is 4.79 Å². The highest BCUT2D eigenvalue weighted by Gasteiger charge is 2.16. The third-order valence-electron chi connectivity index (χ3n) is 4.52. The quantitative estimate of drug-likeness (QED) is 0.646. The van der Waals surface area contributed by atoms with Crippen molar-refractivity contribution >= 4 is 23.6 Å². The number of rotatable bonds is 6. The van der Waals surface area contributed by atoms with Gasteiger partial charge in [0, 0.05) is 13.1 Å². The number of amides is 2. The van der Waals surface area contributed by atoms with Crippen molar-refractivity contribution in [2.24, 2.45) is 0 Å². The molecule has 5 radical (unpaired) electrons. The lowest BCUT2D eigenvalue weighted by Crippen LogP contribution is -2.29. The predicted molar refractivity (Wildman–Crippen MR) is 110 cm³/mol. The van der Waals surface area contributed by atoms with E-state index in [-0.39, 0.29) is 20.8 Å². The maximum atomic E-state index is 12.5. The van der Waals surface area contributed by atoms with Gasteiger partial charge in [-0.15, -0.1) is 0 Å². The van der Waals surface area contributed by atoms with Crippen molar-refractivity contribution in [1.29, 1.82) is 0 Å². The van der Waals surface area contributed by atoms with Crippen LogP contribution < -0.4 is 10.6 Å². The molecule has 0 unspecified atom stereocenters. The monoisotopic (exact) mass is 393 g/mol. The van der Waals surface area contributed by atoms with Crippen LogP contribution >= 0.6 is 11.6 Å². The van der Waals surface area contributed by atoms with E-state index in [9.17, 15) is 9.59 Å². The lowest BCUT2D eigenvalue weighted by atomic mass is 9.91. The van der Waals surface area contributed by atoms with Crippen LogP contribution in [0.5, 0.6) is 0 Å². The average molecular weight is 394 g/mol. The molecule has 5 nitrogen and oxygen atoms in total. The fraction of sp³-hybridized carbons (Fsp3) is 0.476. The van der Waals surface area contributed by atoms with Crippen molar-refractivity contribution in [1.82, 2.24) is 10.6 Å². The molecule has 1 aromatic carbocycles. The SMILES string of the molecule is O=C(O)NCCc1ccc(Cl)c(C(=O)NC[C]2CCCCCCC2)c1.[CH2].[CH2]. The van der Waals surface area contributed by atoms with E-state index in [0.717, 1.165) is 18.4 Å². The predicted octanol–water partition coefficient (Wildman–Crippen LogP) is 4.85. The first-order valence-corrected chi connectivity index (χ1v) is 9.31. The highest BCUT2D eigenvalue weighted by atomic mass is 35.5. The van der Waals surface area contributed by atoms with Crippen LogP contribution in [0.25, 0.3) is 0 Å². The van der Waals surface area contributed by atoms with Gasteiger partial charge in [0.2, 0.25) is 0 Å². The van der Waals surface area contributed by atoms with Crippen LogP contribution in [-0.4, -0.2) is 30.2 Å². The first-order valence-electron chi connectivity index (χ1n) is 8.93. The molecule has 0 saturated heterocycles. The van der Waals surface area contributed by atoms with Crippen molar-refractivity contribution in [2.45, 2.75) is 51.4 Å². The highest BCUT2D eigenvalue weighted by molar-refractivity contribution is 6.33. The average Bonchev–Trinajstić information content (AvgIpc) is 2.55. The van der Waals surface area contributed by atoms with E-state index in [1.165, 1.54) is 38.0 Å². The molecular formula is C21H30ClN2O3. The Kier molecular flexibility index (Phi) is 12.6. The molecule has 2 amide bonds. The van der Waals surface area contributed by atoms with Gasteiger partial charge in [0.1, 0.15) is 0 Å². The molecule has 1 aliphatic rings. The number of hydrogen-bond donors (Lipinski definition) is 3. The van der Waals surface area contributed by atoms with Crippen LogP contribution in [0, 0.1) is 20.8 Å². The molecule has 0 aliphatic heterocycles. The Labute approximate surface area is 168 Å². The number of carboxylic acid groups (broad SMARTS) is 1. The summed E-state index contributed by atoms with van der Waals surface area (Å²) in [6, 6.07) is 5.24. The zero-order valence-electron chi connectivity index (χ0n) is 15.9. The summed E-state index contributed by atoms with van der Waals surface area (Å²) in [4.78, 5) is 23.0. The normalized spacial score (nSPS) is 14.7. The van der Waals surface area contributed by atoms with E-state index in [1.807, 2.05) is 6.07 Å². The second-order valence-electron chi connectivity index (χ2n) is 6.50. The number of nitrogens with one attached hydrogen (secondary N) is 2. The molecule has 0 bridgehead atoms. The van der Waals surface area contributed by atoms with Gasteiger partial charge in [-0.05, 0) is 42.9 Å². The van der Waals surface area contributed by atoms with Gasteiger partial charge >= 0.3 is 6.09 Å². The summed E-state index contributed by atoms with van der Waals surface area (Å²) in [5, 5.41) is 14.3. The number of carbonyl (C=O) groups is 2. The van der Waals surface area contributed by atoms with E-state index >= 15 is 0 Å². The van der Waals surface area contributed by atoms with Crippen LogP contribution in [0.3, 0.4) is 0 Å². The topological polar surface area (TPSA) is 78.4 Å². The summed E-state index contributed by atoms with van der Waals surface area (Å²) in [5.74, 6) is 1.23. The van der Waals surface area contributed by atoms with Gasteiger partial charge in [0.15, 0.2) is 0 Å². The lowest BCUT2D eigenvalue weighted by molar-refractivity contribution is 0.0954.